The van der Waals surface area contributed by atoms with E-state index in [1.165, 1.54) is 22.3 Å². The summed E-state index contributed by atoms with van der Waals surface area (Å²) in [5.41, 5.74) is 7.26. The number of hydrogen-bond acceptors (Lipinski definition) is 1. The monoisotopic (exact) mass is 476 g/mol. The van der Waals surface area contributed by atoms with E-state index < -0.39 is 21.3 Å². The molecule has 2 aliphatic rings. The molecule has 2 aromatic carbocycles. The molecule has 0 spiro atoms. The van der Waals surface area contributed by atoms with Gasteiger partial charge in [-0.05, 0) is 0 Å². The van der Waals surface area contributed by atoms with Gasteiger partial charge in [-0.25, -0.2) is 0 Å². The van der Waals surface area contributed by atoms with E-state index in [1.54, 1.807) is 22.4 Å². The number of rotatable bonds is 4. The number of methoxy groups -OCH3 is 1. The van der Waals surface area contributed by atoms with E-state index in [0.717, 1.165) is 12.8 Å². The van der Waals surface area contributed by atoms with Gasteiger partial charge < -0.3 is 24.8 Å². The largest absolute Gasteiger partial charge is 1.00 e. The molecule has 0 fully saturated rings. The minimum absolute atomic E-state index is 0. The Hall–Kier alpha value is -0.787. The van der Waals surface area contributed by atoms with E-state index in [0.29, 0.717) is 6.61 Å². The van der Waals surface area contributed by atoms with Crippen LogP contribution in [0.15, 0.2) is 57.9 Å². The van der Waals surface area contributed by atoms with Crippen molar-refractivity contribution < 1.29 is 50.8 Å². The smallest absolute Gasteiger partial charge is 1.00 e. The topological polar surface area (TPSA) is 9.23 Å². The van der Waals surface area contributed by atoms with Crippen LogP contribution >= 0.6 is 0 Å². The van der Waals surface area contributed by atoms with Crippen LogP contribution < -0.4 is 28.1 Å². The van der Waals surface area contributed by atoms with Crippen LogP contribution in [-0.2, 0) is 39.0 Å². The van der Waals surface area contributed by atoms with E-state index in [1.807, 2.05) is 0 Å². The van der Waals surface area contributed by atoms with Crippen molar-refractivity contribution in [2.75, 3.05) is 7.11 Å². The Bertz CT molecular complexity index is 937. The molecular formula is C23H24Cl2OZr. The number of allylic oxidation sites excluding steroid dienone is 4. The van der Waals surface area contributed by atoms with Crippen LogP contribution in [-0.4, -0.2) is 10.3 Å². The van der Waals surface area contributed by atoms with Crippen LogP contribution in [0.3, 0.4) is 0 Å². The average molecular weight is 479 g/mol. The van der Waals surface area contributed by atoms with Crippen LogP contribution in [0.4, 0.5) is 0 Å². The third-order valence-corrected chi connectivity index (χ3v) is 12.6. The van der Waals surface area contributed by atoms with Crippen molar-refractivity contribution in [3.63, 3.8) is 0 Å². The van der Waals surface area contributed by atoms with Gasteiger partial charge in [-0.1, -0.05) is 0 Å². The van der Waals surface area contributed by atoms with Crippen LogP contribution in [0, 0.1) is 0 Å². The Morgan fingerprint density at radius 2 is 1.85 bits per heavy atom. The van der Waals surface area contributed by atoms with Gasteiger partial charge in [-0.2, -0.15) is 0 Å². The molecule has 1 nitrogen and oxygen atoms in total. The quantitative estimate of drug-likeness (QED) is 0.454. The molecular weight excluding hydrogens is 454 g/mol. The fourth-order valence-corrected chi connectivity index (χ4v) is 11.3. The summed E-state index contributed by atoms with van der Waals surface area (Å²) < 4.78 is 10.5. The van der Waals surface area contributed by atoms with Crippen molar-refractivity contribution in [2.45, 2.75) is 33.3 Å². The summed E-state index contributed by atoms with van der Waals surface area (Å²) in [7, 11) is 1.79. The minimum Gasteiger partial charge on any atom is -1.00 e. The maximum absolute atomic E-state index is 5.51. The van der Waals surface area contributed by atoms with Crippen molar-refractivity contribution in [3.05, 3.63) is 74.6 Å². The molecule has 0 N–H and O–H groups in total. The first-order valence-electron chi connectivity index (χ1n) is 8.96. The van der Waals surface area contributed by atoms with Crippen molar-refractivity contribution in [1.29, 1.82) is 0 Å². The summed E-state index contributed by atoms with van der Waals surface area (Å²) in [6.45, 7) is 5.39. The van der Waals surface area contributed by atoms with Crippen molar-refractivity contribution in [1.82, 2.24) is 0 Å². The molecule has 2 aliphatic carbocycles. The van der Waals surface area contributed by atoms with Gasteiger partial charge in [0.05, 0.1) is 0 Å². The Labute approximate surface area is 182 Å². The van der Waals surface area contributed by atoms with Gasteiger partial charge in [-0.3, -0.25) is 0 Å². The number of benzene rings is 2. The predicted molar refractivity (Wildman–Crippen MR) is 103 cm³/mol. The first-order valence-corrected chi connectivity index (χ1v) is 12.6. The third kappa shape index (κ3) is 4.15. The molecule has 2 aromatic rings. The number of ether oxygens (including phenoxy) is 1. The Morgan fingerprint density at radius 1 is 1.07 bits per heavy atom. The Kier molecular flexibility index (Phi) is 8.01. The zero-order chi connectivity index (χ0) is 17.4. The van der Waals surface area contributed by atoms with Crippen LogP contribution in [0.2, 0.25) is 0 Å². The average Bonchev–Trinajstić information content (AvgIpc) is 3.24. The number of fused-ring (bicyclic) bond motifs is 3. The summed E-state index contributed by atoms with van der Waals surface area (Å²) in [5, 5.41) is 0. The van der Waals surface area contributed by atoms with E-state index in [4.69, 9.17) is 4.74 Å². The van der Waals surface area contributed by atoms with E-state index in [2.05, 4.69) is 68.5 Å². The molecule has 0 radical (unpaired) electrons. The fourth-order valence-electron chi connectivity index (χ4n) is 4.23. The molecule has 4 heteroatoms. The van der Waals surface area contributed by atoms with Crippen LogP contribution in [0.1, 0.15) is 37.0 Å². The van der Waals surface area contributed by atoms with Gasteiger partial charge in [0.1, 0.15) is 0 Å². The first kappa shape index (κ1) is 22.5. The molecule has 0 unspecified atom stereocenters. The van der Waals surface area contributed by atoms with Crippen molar-refractivity contribution >= 4 is 6.48 Å². The Balaban J connectivity index is 0.00000131. The van der Waals surface area contributed by atoms with Crippen LogP contribution in [0.5, 0.6) is 0 Å². The SMILES string of the molecule is COCc1cc[c]([Zr+2]([C]2=CC=CC2)=[C](C)C)c2c1-c1ccccc1C2.[Cl-].[Cl-]. The zero-order valence-corrected chi connectivity index (χ0v) is 20.0. The van der Waals surface area contributed by atoms with Gasteiger partial charge in [0.2, 0.25) is 0 Å². The zero-order valence-electron chi connectivity index (χ0n) is 16.0. The van der Waals surface area contributed by atoms with Crippen molar-refractivity contribution in [2.24, 2.45) is 0 Å². The molecule has 0 aliphatic heterocycles. The van der Waals surface area contributed by atoms with Crippen LogP contribution in [0.25, 0.3) is 11.1 Å². The molecule has 0 aromatic heterocycles. The standard InChI is InChI=1S/C15H13O.C5H5.C3H6.2ClH.Zr/c1-16-10-13-7-4-6-12-9-11-5-2-3-8-14(11)15(12)13;1-2-4-5-3-1;1-3-2;;;/h2-5,7-8H,9-10H2,1H3;1-3H,4H2;1-2H3;2*1H;/q;;;;;+2/p-2. The minimum atomic E-state index is -1.96. The Morgan fingerprint density at radius 3 is 2.52 bits per heavy atom. The van der Waals surface area contributed by atoms with Gasteiger partial charge in [-0.15, -0.1) is 0 Å². The van der Waals surface area contributed by atoms with E-state index in [-0.39, 0.29) is 24.8 Å². The predicted octanol–water partition coefficient (Wildman–Crippen LogP) is -1.29. The summed E-state index contributed by atoms with van der Waals surface area (Å²) in [6, 6.07) is 13.7. The number of hydrogen-bond donors (Lipinski definition) is 0. The van der Waals surface area contributed by atoms with Gasteiger partial charge in [0.25, 0.3) is 0 Å². The number of halogens is 2. The molecule has 0 atom stereocenters. The molecule has 0 amide bonds. The molecule has 140 valence electrons. The maximum atomic E-state index is 5.51. The molecule has 27 heavy (non-hydrogen) atoms. The summed E-state index contributed by atoms with van der Waals surface area (Å²) in [6.07, 6.45) is 9.18. The second-order valence-corrected chi connectivity index (χ2v) is 14.3. The molecule has 0 saturated carbocycles. The fraction of sp³-hybridized carbons (Fsp3) is 0.261. The normalized spacial score (nSPS) is 12.9. The van der Waals surface area contributed by atoms with Gasteiger partial charge in [0.15, 0.2) is 0 Å². The molecule has 4 rings (SSSR count). The van der Waals surface area contributed by atoms with Gasteiger partial charge >= 0.3 is 159 Å². The van der Waals surface area contributed by atoms with E-state index in [9.17, 15) is 0 Å². The summed E-state index contributed by atoms with van der Waals surface area (Å²) >= 11 is -1.96. The molecule has 0 heterocycles. The van der Waals surface area contributed by atoms with Crippen molar-refractivity contribution in [3.8, 4) is 11.1 Å². The molecule has 0 saturated heterocycles. The summed E-state index contributed by atoms with van der Waals surface area (Å²) in [4.78, 5) is 0. The van der Waals surface area contributed by atoms with E-state index >= 15 is 0 Å². The second kappa shape index (κ2) is 9.61. The first-order chi connectivity index (χ1) is 12.2. The second-order valence-electron chi connectivity index (χ2n) is 7.09. The molecule has 0 bridgehead atoms. The van der Waals surface area contributed by atoms with Gasteiger partial charge in [0, 0.05) is 0 Å². The third-order valence-electron chi connectivity index (χ3n) is 5.21. The summed E-state index contributed by atoms with van der Waals surface area (Å²) in [5.74, 6) is 0. The maximum Gasteiger partial charge on any atom is -1.00 e.